The van der Waals surface area contributed by atoms with Crippen LogP contribution >= 0.6 is 11.3 Å². The first-order valence-corrected chi connectivity index (χ1v) is 10.8. The normalized spacial score (nSPS) is 11.2. The number of fused-ring (bicyclic) bond motifs is 1. The van der Waals surface area contributed by atoms with Crippen LogP contribution in [0.4, 0.5) is 5.00 Å². The number of esters is 1. The van der Waals surface area contributed by atoms with Crippen molar-refractivity contribution in [3.63, 3.8) is 0 Å². The number of aromatic nitrogens is 2. The highest BCUT2D eigenvalue weighted by atomic mass is 32.1. The SMILES string of the molecule is CCOC(=O)c1sc(/N=C/c2c(C)[nH]n(-c3cccc4ccccc34)c2=O)c(C#N)c1C. The van der Waals surface area contributed by atoms with Gasteiger partial charge in [-0.25, -0.2) is 14.5 Å². The number of nitrogens with one attached hydrogen (secondary N) is 1. The van der Waals surface area contributed by atoms with E-state index >= 15 is 0 Å². The number of aryl methyl sites for hydroxylation is 1. The highest BCUT2D eigenvalue weighted by Crippen LogP contribution is 2.35. The Bertz CT molecular complexity index is 1460. The van der Waals surface area contributed by atoms with Gasteiger partial charge in [0, 0.05) is 17.3 Å². The molecule has 0 radical (unpaired) electrons. The van der Waals surface area contributed by atoms with Gasteiger partial charge in [0.2, 0.25) is 0 Å². The zero-order chi connectivity index (χ0) is 22.8. The van der Waals surface area contributed by atoms with Gasteiger partial charge >= 0.3 is 5.97 Å². The number of carbonyl (C=O) groups is 1. The summed E-state index contributed by atoms with van der Waals surface area (Å²) in [5.41, 5.74) is 2.35. The van der Waals surface area contributed by atoms with E-state index in [0.29, 0.717) is 32.3 Å². The highest BCUT2D eigenvalue weighted by Gasteiger charge is 2.21. The maximum atomic E-state index is 13.2. The lowest BCUT2D eigenvalue weighted by Crippen LogP contribution is -2.17. The second kappa shape index (κ2) is 8.65. The van der Waals surface area contributed by atoms with Crippen LogP contribution in [-0.4, -0.2) is 28.6 Å². The Kier molecular flexibility index (Phi) is 5.75. The third-order valence-electron chi connectivity index (χ3n) is 5.14. The topological polar surface area (TPSA) is 100 Å². The number of H-pyrrole nitrogens is 1. The quantitative estimate of drug-likeness (QED) is 0.353. The molecular formula is C24H20N4O3S. The van der Waals surface area contributed by atoms with Gasteiger partial charge in [-0.15, -0.1) is 11.3 Å². The van der Waals surface area contributed by atoms with Crippen molar-refractivity contribution in [2.75, 3.05) is 6.61 Å². The van der Waals surface area contributed by atoms with Crippen LogP contribution < -0.4 is 5.56 Å². The molecule has 0 fully saturated rings. The fourth-order valence-electron chi connectivity index (χ4n) is 3.52. The number of ether oxygens (including phenoxy) is 1. The first-order chi connectivity index (χ1) is 15.5. The van der Waals surface area contributed by atoms with Gasteiger partial charge in [0.15, 0.2) is 0 Å². The summed E-state index contributed by atoms with van der Waals surface area (Å²) in [6.45, 7) is 5.45. The summed E-state index contributed by atoms with van der Waals surface area (Å²) in [7, 11) is 0. The molecule has 32 heavy (non-hydrogen) atoms. The molecule has 0 bridgehead atoms. The molecular weight excluding hydrogens is 424 g/mol. The van der Waals surface area contributed by atoms with Crippen molar-refractivity contribution in [3.05, 3.63) is 80.1 Å². The molecule has 2 heterocycles. The van der Waals surface area contributed by atoms with Crippen LogP contribution in [-0.2, 0) is 4.74 Å². The Morgan fingerprint density at radius 3 is 2.75 bits per heavy atom. The average Bonchev–Trinajstić information content (AvgIpc) is 3.27. The lowest BCUT2D eigenvalue weighted by atomic mass is 10.1. The Hall–Kier alpha value is -3.96. The summed E-state index contributed by atoms with van der Waals surface area (Å²) in [5, 5.41) is 15.0. The number of benzene rings is 2. The van der Waals surface area contributed by atoms with E-state index in [9.17, 15) is 14.9 Å². The number of aliphatic imine (C=N–C) groups is 1. The minimum Gasteiger partial charge on any atom is -0.462 e. The number of nitrogens with zero attached hydrogens (tertiary/aromatic N) is 3. The highest BCUT2D eigenvalue weighted by molar-refractivity contribution is 7.18. The molecule has 0 amide bonds. The third kappa shape index (κ3) is 3.63. The molecule has 2 aromatic carbocycles. The van der Waals surface area contributed by atoms with E-state index < -0.39 is 5.97 Å². The van der Waals surface area contributed by atoms with Gasteiger partial charge in [0.1, 0.15) is 15.9 Å². The first-order valence-electron chi connectivity index (χ1n) is 10.0. The van der Waals surface area contributed by atoms with Crippen molar-refractivity contribution in [2.45, 2.75) is 20.8 Å². The van der Waals surface area contributed by atoms with Crippen LogP contribution in [0.25, 0.3) is 16.5 Å². The van der Waals surface area contributed by atoms with Gasteiger partial charge in [-0.3, -0.25) is 9.89 Å². The Morgan fingerprint density at radius 1 is 1.25 bits per heavy atom. The molecule has 7 nitrogen and oxygen atoms in total. The summed E-state index contributed by atoms with van der Waals surface area (Å²) in [6.07, 6.45) is 1.44. The minimum absolute atomic E-state index is 0.243. The number of carbonyl (C=O) groups excluding carboxylic acids is 1. The van der Waals surface area contributed by atoms with Crippen molar-refractivity contribution in [3.8, 4) is 11.8 Å². The van der Waals surface area contributed by atoms with Crippen LogP contribution in [0.5, 0.6) is 0 Å². The van der Waals surface area contributed by atoms with Crippen LogP contribution in [0.1, 0.15) is 39.0 Å². The molecule has 0 aliphatic carbocycles. The van der Waals surface area contributed by atoms with Gasteiger partial charge in [-0.1, -0.05) is 36.4 Å². The molecule has 1 N–H and O–H groups in total. The molecule has 0 aliphatic heterocycles. The van der Waals surface area contributed by atoms with E-state index in [1.54, 1.807) is 20.8 Å². The van der Waals surface area contributed by atoms with Crippen LogP contribution in [0.2, 0.25) is 0 Å². The average molecular weight is 445 g/mol. The largest absolute Gasteiger partial charge is 0.462 e. The van der Waals surface area contributed by atoms with Gasteiger partial charge in [-0.2, -0.15) is 5.26 Å². The van der Waals surface area contributed by atoms with Crippen molar-refractivity contribution in [1.82, 2.24) is 9.78 Å². The number of aromatic amines is 1. The predicted octanol–water partition coefficient (Wildman–Crippen LogP) is 4.80. The molecule has 0 saturated heterocycles. The molecule has 4 rings (SSSR count). The van der Waals surface area contributed by atoms with Crippen molar-refractivity contribution in [1.29, 1.82) is 5.26 Å². The zero-order valence-electron chi connectivity index (χ0n) is 17.8. The minimum atomic E-state index is -0.482. The smallest absolute Gasteiger partial charge is 0.348 e. The molecule has 4 aromatic rings. The van der Waals surface area contributed by atoms with Crippen molar-refractivity contribution >= 4 is 39.3 Å². The predicted molar refractivity (Wildman–Crippen MR) is 126 cm³/mol. The summed E-state index contributed by atoms with van der Waals surface area (Å²) in [4.78, 5) is 30.1. The lowest BCUT2D eigenvalue weighted by molar-refractivity contribution is 0.0531. The summed E-state index contributed by atoms with van der Waals surface area (Å²) in [5.74, 6) is -0.482. The van der Waals surface area contributed by atoms with Gasteiger partial charge < -0.3 is 4.74 Å². The molecule has 0 unspecified atom stereocenters. The van der Waals surface area contributed by atoms with E-state index in [4.69, 9.17) is 4.74 Å². The molecule has 0 aliphatic rings. The van der Waals surface area contributed by atoms with Crippen molar-refractivity contribution in [2.24, 2.45) is 4.99 Å². The molecule has 8 heteroatoms. The monoisotopic (exact) mass is 444 g/mol. The van der Waals surface area contributed by atoms with E-state index in [1.807, 2.05) is 42.5 Å². The standard InChI is InChI=1S/C24H20N4O3S/c1-4-31-24(30)21-14(2)18(12-25)22(32-21)26-13-19-15(3)27-28(23(19)29)20-11-7-9-16-8-5-6-10-17(16)20/h5-11,13,27H,4H2,1-3H3/b26-13+. The number of nitriles is 1. The maximum Gasteiger partial charge on any atom is 0.348 e. The maximum absolute atomic E-state index is 13.2. The fourth-order valence-corrected chi connectivity index (χ4v) is 4.52. The Morgan fingerprint density at radius 2 is 2.00 bits per heavy atom. The molecule has 2 aromatic heterocycles. The van der Waals surface area contributed by atoms with Crippen molar-refractivity contribution < 1.29 is 9.53 Å². The Balaban J connectivity index is 1.77. The van der Waals surface area contributed by atoms with Crippen LogP contribution in [0.15, 0.2) is 52.3 Å². The summed E-state index contributed by atoms with van der Waals surface area (Å²) in [6, 6.07) is 15.7. The lowest BCUT2D eigenvalue weighted by Gasteiger charge is -2.06. The number of hydrogen-bond donors (Lipinski definition) is 1. The van der Waals surface area contributed by atoms with E-state index in [2.05, 4.69) is 16.2 Å². The second-order valence-electron chi connectivity index (χ2n) is 7.12. The molecule has 0 atom stereocenters. The first kappa shape index (κ1) is 21.3. The molecule has 0 saturated carbocycles. The van der Waals surface area contributed by atoms with Gasteiger partial charge in [-0.05, 0) is 37.8 Å². The second-order valence-corrected chi connectivity index (χ2v) is 8.12. The van der Waals surface area contributed by atoms with E-state index in [-0.39, 0.29) is 12.2 Å². The Labute approximate surface area is 188 Å². The number of hydrogen-bond acceptors (Lipinski definition) is 6. The molecule has 0 spiro atoms. The van der Waals surface area contributed by atoms with Gasteiger partial charge in [0.25, 0.3) is 5.56 Å². The van der Waals surface area contributed by atoms with E-state index in [0.717, 1.165) is 27.8 Å². The van der Waals surface area contributed by atoms with Crippen LogP contribution in [0.3, 0.4) is 0 Å². The summed E-state index contributed by atoms with van der Waals surface area (Å²) >= 11 is 1.08. The fraction of sp³-hybridized carbons (Fsp3) is 0.167. The van der Waals surface area contributed by atoms with E-state index in [1.165, 1.54) is 10.9 Å². The number of rotatable bonds is 5. The van der Waals surface area contributed by atoms with Crippen LogP contribution in [0, 0.1) is 25.2 Å². The molecule has 160 valence electrons. The third-order valence-corrected chi connectivity index (χ3v) is 6.32. The number of thiophene rings is 1. The van der Waals surface area contributed by atoms with Gasteiger partial charge in [0.05, 0.1) is 23.4 Å². The summed E-state index contributed by atoms with van der Waals surface area (Å²) < 4.78 is 6.56. The zero-order valence-corrected chi connectivity index (χ0v) is 18.6.